The van der Waals surface area contributed by atoms with E-state index in [1.165, 1.54) is 11.8 Å². The fourth-order valence-corrected chi connectivity index (χ4v) is 2.99. The summed E-state index contributed by atoms with van der Waals surface area (Å²) in [5.74, 6) is 0.681. The highest BCUT2D eigenvalue weighted by atomic mass is 35.5. The van der Waals surface area contributed by atoms with E-state index in [0.29, 0.717) is 22.5 Å². The van der Waals surface area contributed by atoms with Gasteiger partial charge < -0.3 is 14.6 Å². The molecule has 3 rings (SSSR count). The predicted octanol–water partition coefficient (Wildman–Crippen LogP) is 3.01. The zero-order valence-corrected chi connectivity index (χ0v) is 13.5. The molecule has 116 valence electrons. The first kappa shape index (κ1) is 15.2. The van der Waals surface area contributed by atoms with Crippen molar-refractivity contribution in [1.29, 1.82) is 0 Å². The SMILES string of the molecule is COc1ccc(Cl)cc1NC(=O)CSc1nncn1C1CC1. The van der Waals surface area contributed by atoms with Gasteiger partial charge in [-0.1, -0.05) is 23.4 Å². The molecule has 2 aromatic rings. The summed E-state index contributed by atoms with van der Waals surface area (Å²) in [5, 5.41) is 12.1. The van der Waals surface area contributed by atoms with Gasteiger partial charge in [0.05, 0.1) is 18.6 Å². The molecule has 1 aromatic carbocycles. The van der Waals surface area contributed by atoms with E-state index in [1.54, 1.807) is 31.6 Å². The van der Waals surface area contributed by atoms with Gasteiger partial charge >= 0.3 is 0 Å². The lowest BCUT2D eigenvalue weighted by molar-refractivity contribution is -0.113. The maximum absolute atomic E-state index is 12.1. The van der Waals surface area contributed by atoms with Gasteiger partial charge in [0.25, 0.3) is 0 Å². The van der Waals surface area contributed by atoms with Crippen molar-refractivity contribution in [3.63, 3.8) is 0 Å². The second-order valence-electron chi connectivity index (χ2n) is 4.93. The number of nitrogens with zero attached hydrogens (tertiary/aromatic N) is 3. The average molecular weight is 339 g/mol. The van der Waals surface area contributed by atoms with Crippen molar-refractivity contribution in [2.24, 2.45) is 0 Å². The van der Waals surface area contributed by atoms with Crippen LogP contribution in [0.25, 0.3) is 0 Å². The zero-order valence-electron chi connectivity index (χ0n) is 12.0. The lowest BCUT2D eigenvalue weighted by Crippen LogP contribution is -2.15. The van der Waals surface area contributed by atoms with Crippen molar-refractivity contribution in [1.82, 2.24) is 14.8 Å². The Labute approximate surface area is 137 Å². The first-order chi connectivity index (χ1) is 10.7. The summed E-state index contributed by atoms with van der Waals surface area (Å²) in [5.41, 5.74) is 0.559. The van der Waals surface area contributed by atoms with E-state index < -0.39 is 0 Å². The number of carbonyl (C=O) groups excluding carboxylic acids is 1. The van der Waals surface area contributed by atoms with Crippen LogP contribution in [0.3, 0.4) is 0 Å². The third kappa shape index (κ3) is 3.53. The highest BCUT2D eigenvalue weighted by molar-refractivity contribution is 7.99. The molecule has 1 heterocycles. The Bertz CT molecular complexity index is 687. The molecule has 1 aliphatic carbocycles. The quantitative estimate of drug-likeness (QED) is 0.820. The maximum Gasteiger partial charge on any atom is 0.234 e. The van der Waals surface area contributed by atoms with Crippen LogP contribution >= 0.6 is 23.4 Å². The van der Waals surface area contributed by atoms with Gasteiger partial charge in [0.2, 0.25) is 5.91 Å². The number of ether oxygens (including phenoxy) is 1. The second-order valence-corrected chi connectivity index (χ2v) is 6.31. The molecule has 1 saturated carbocycles. The lowest BCUT2D eigenvalue weighted by atomic mass is 10.3. The van der Waals surface area contributed by atoms with Crippen LogP contribution in [0.2, 0.25) is 5.02 Å². The number of amides is 1. The number of halogens is 1. The highest BCUT2D eigenvalue weighted by Crippen LogP contribution is 2.37. The van der Waals surface area contributed by atoms with Gasteiger partial charge in [0.1, 0.15) is 12.1 Å². The Hall–Kier alpha value is -1.73. The summed E-state index contributed by atoms with van der Waals surface area (Å²) in [6.45, 7) is 0. The Morgan fingerprint density at radius 2 is 2.36 bits per heavy atom. The standard InChI is InChI=1S/C14H15ClN4O2S/c1-21-12-5-2-9(15)6-11(12)17-13(20)7-22-14-18-16-8-19(14)10-3-4-10/h2,5-6,8,10H,3-4,7H2,1H3,(H,17,20). The van der Waals surface area contributed by atoms with Crippen molar-refractivity contribution < 1.29 is 9.53 Å². The molecule has 0 spiro atoms. The Morgan fingerprint density at radius 1 is 1.55 bits per heavy atom. The van der Waals surface area contributed by atoms with E-state index in [0.717, 1.165) is 18.0 Å². The summed E-state index contributed by atoms with van der Waals surface area (Å²) in [7, 11) is 1.55. The summed E-state index contributed by atoms with van der Waals surface area (Å²) in [6, 6.07) is 5.58. The number of rotatable bonds is 6. The van der Waals surface area contributed by atoms with E-state index in [4.69, 9.17) is 16.3 Å². The molecule has 0 aliphatic heterocycles. The molecule has 1 aliphatic rings. The third-order valence-electron chi connectivity index (χ3n) is 3.25. The van der Waals surface area contributed by atoms with Gasteiger partial charge in [-0.3, -0.25) is 4.79 Å². The predicted molar refractivity (Wildman–Crippen MR) is 85.7 cm³/mol. The molecular formula is C14H15ClN4O2S. The smallest absolute Gasteiger partial charge is 0.234 e. The fraction of sp³-hybridized carbons (Fsp3) is 0.357. The molecule has 1 N–H and O–H groups in total. The van der Waals surface area contributed by atoms with Crippen molar-refractivity contribution in [2.75, 3.05) is 18.2 Å². The van der Waals surface area contributed by atoms with Crippen LogP contribution in [-0.4, -0.2) is 33.5 Å². The molecule has 6 nitrogen and oxygen atoms in total. The molecule has 1 amide bonds. The van der Waals surface area contributed by atoms with Crippen LogP contribution in [0.5, 0.6) is 5.75 Å². The third-order valence-corrected chi connectivity index (χ3v) is 4.44. The fourth-order valence-electron chi connectivity index (χ4n) is 2.03. The summed E-state index contributed by atoms with van der Waals surface area (Å²) >= 11 is 7.31. The normalized spacial score (nSPS) is 13.9. The Balaban J connectivity index is 1.60. The molecular weight excluding hydrogens is 324 g/mol. The lowest BCUT2D eigenvalue weighted by Gasteiger charge is -2.10. The van der Waals surface area contributed by atoms with Gasteiger partial charge in [0, 0.05) is 11.1 Å². The first-order valence-electron chi connectivity index (χ1n) is 6.83. The highest BCUT2D eigenvalue weighted by Gasteiger charge is 2.26. The van der Waals surface area contributed by atoms with Gasteiger partial charge in [0.15, 0.2) is 5.16 Å². The zero-order chi connectivity index (χ0) is 15.5. The number of anilines is 1. The molecule has 1 aromatic heterocycles. The minimum atomic E-state index is -0.143. The maximum atomic E-state index is 12.1. The number of thioether (sulfide) groups is 1. The second kappa shape index (κ2) is 6.58. The van der Waals surface area contributed by atoms with Gasteiger partial charge in [-0.05, 0) is 31.0 Å². The van der Waals surface area contributed by atoms with Crippen molar-refractivity contribution in [3.8, 4) is 5.75 Å². The van der Waals surface area contributed by atoms with E-state index in [2.05, 4.69) is 15.5 Å². The number of hydrogen-bond donors (Lipinski definition) is 1. The number of methoxy groups -OCH3 is 1. The van der Waals surface area contributed by atoms with Crippen molar-refractivity contribution in [3.05, 3.63) is 29.5 Å². The average Bonchev–Trinajstić information content (AvgIpc) is 3.24. The first-order valence-corrected chi connectivity index (χ1v) is 8.19. The summed E-state index contributed by atoms with van der Waals surface area (Å²) < 4.78 is 7.23. The number of carbonyl (C=O) groups is 1. The Kier molecular flexibility index (Phi) is 4.54. The molecule has 1 fully saturated rings. The van der Waals surface area contributed by atoms with E-state index in [-0.39, 0.29) is 11.7 Å². The summed E-state index contributed by atoms with van der Waals surface area (Å²) in [6.07, 6.45) is 4.02. The molecule has 22 heavy (non-hydrogen) atoms. The van der Waals surface area contributed by atoms with Gasteiger partial charge in [-0.15, -0.1) is 10.2 Å². The van der Waals surface area contributed by atoms with Crippen molar-refractivity contribution >= 4 is 35.0 Å². The van der Waals surface area contributed by atoms with Crippen LogP contribution < -0.4 is 10.1 Å². The van der Waals surface area contributed by atoms with Crippen molar-refractivity contribution in [2.45, 2.75) is 24.0 Å². The van der Waals surface area contributed by atoms with E-state index >= 15 is 0 Å². The minimum Gasteiger partial charge on any atom is -0.495 e. The topological polar surface area (TPSA) is 69.0 Å². The van der Waals surface area contributed by atoms with Crippen LogP contribution in [-0.2, 0) is 4.79 Å². The number of aromatic nitrogens is 3. The number of benzene rings is 1. The van der Waals surface area contributed by atoms with Gasteiger partial charge in [-0.2, -0.15) is 0 Å². The molecule has 0 unspecified atom stereocenters. The molecule has 0 saturated heterocycles. The van der Waals surface area contributed by atoms with Gasteiger partial charge in [-0.25, -0.2) is 0 Å². The van der Waals surface area contributed by atoms with Crippen LogP contribution in [0, 0.1) is 0 Å². The molecule has 0 radical (unpaired) electrons. The van der Waals surface area contributed by atoms with Crippen LogP contribution in [0.1, 0.15) is 18.9 Å². The van der Waals surface area contributed by atoms with E-state index in [1.807, 2.05) is 4.57 Å². The minimum absolute atomic E-state index is 0.143. The Morgan fingerprint density at radius 3 is 3.09 bits per heavy atom. The molecule has 0 atom stereocenters. The monoisotopic (exact) mass is 338 g/mol. The largest absolute Gasteiger partial charge is 0.495 e. The summed E-state index contributed by atoms with van der Waals surface area (Å²) in [4.78, 5) is 12.1. The van der Waals surface area contributed by atoms with Crippen LogP contribution in [0.15, 0.2) is 29.7 Å². The molecule has 0 bridgehead atoms. The van der Waals surface area contributed by atoms with Crippen LogP contribution in [0.4, 0.5) is 5.69 Å². The molecule has 8 heteroatoms. The van der Waals surface area contributed by atoms with E-state index in [9.17, 15) is 4.79 Å². The number of hydrogen-bond acceptors (Lipinski definition) is 5. The number of nitrogens with one attached hydrogen (secondary N) is 1.